The Labute approximate surface area is 116 Å². The molecule has 0 radical (unpaired) electrons. The number of phenolic OH excluding ortho intramolecular Hbond substituents is 1. The number of hydrogen-bond acceptors (Lipinski definition) is 3. The van der Waals surface area contributed by atoms with Crippen LogP contribution in [-0.4, -0.2) is 17.7 Å². The molecule has 0 saturated carbocycles. The predicted octanol–water partition coefficient (Wildman–Crippen LogP) is 3.89. The number of ether oxygens (including phenoxy) is 1. The lowest BCUT2D eigenvalue weighted by Gasteiger charge is -2.07. The van der Waals surface area contributed by atoms with Crippen molar-refractivity contribution in [3.05, 3.63) is 53.1 Å². The van der Waals surface area contributed by atoms with Crippen LogP contribution in [0.15, 0.2) is 42.5 Å². The fourth-order valence-electron chi connectivity index (χ4n) is 1.77. The molecule has 0 fully saturated rings. The van der Waals surface area contributed by atoms with Crippen molar-refractivity contribution in [1.29, 1.82) is 0 Å². The molecule has 19 heavy (non-hydrogen) atoms. The molecule has 98 valence electrons. The van der Waals surface area contributed by atoms with Crippen LogP contribution in [0.3, 0.4) is 0 Å². The van der Waals surface area contributed by atoms with E-state index in [4.69, 9.17) is 16.3 Å². The molecule has 0 bridgehead atoms. The highest BCUT2D eigenvalue weighted by atomic mass is 35.5. The third kappa shape index (κ3) is 3.06. The van der Waals surface area contributed by atoms with E-state index in [1.807, 2.05) is 0 Å². The van der Waals surface area contributed by atoms with E-state index in [1.165, 1.54) is 6.07 Å². The topological polar surface area (TPSA) is 46.5 Å². The molecular weight excluding hydrogens is 264 g/mol. The van der Waals surface area contributed by atoms with E-state index in [-0.39, 0.29) is 11.7 Å². The van der Waals surface area contributed by atoms with Crippen LogP contribution in [0.25, 0.3) is 11.1 Å². The van der Waals surface area contributed by atoms with Crippen LogP contribution in [0, 0.1) is 0 Å². The van der Waals surface area contributed by atoms with Gasteiger partial charge in [0.1, 0.15) is 5.75 Å². The van der Waals surface area contributed by atoms with Crippen molar-refractivity contribution in [2.45, 2.75) is 6.92 Å². The Hall–Kier alpha value is -2.00. The lowest BCUT2D eigenvalue weighted by molar-refractivity contribution is 0.0526. The average Bonchev–Trinajstić information content (AvgIpc) is 2.42. The maximum atomic E-state index is 11.7. The molecule has 0 aromatic heterocycles. The molecule has 0 atom stereocenters. The number of hydrogen-bond donors (Lipinski definition) is 1. The molecule has 4 heteroatoms. The van der Waals surface area contributed by atoms with Gasteiger partial charge in [0.15, 0.2) is 0 Å². The normalized spacial score (nSPS) is 10.2. The molecular formula is C15H13ClO3. The number of phenols is 1. The zero-order valence-corrected chi connectivity index (χ0v) is 11.1. The molecule has 2 aromatic rings. The van der Waals surface area contributed by atoms with Crippen molar-refractivity contribution in [3.63, 3.8) is 0 Å². The maximum absolute atomic E-state index is 11.7. The fourth-order valence-corrected chi connectivity index (χ4v) is 1.94. The summed E-state index contributed by atoms with van der Waals surface area (Å²) in [6.45, 7) is 2.08. The molecule has 0 spiro atoms. The number of carbonyl (C=O) groups is 1. The third-order valence-electron chi connectivity index (χ3n) is 2.64. The van der Waals surface area contributed by atoms with Gasteiger partial charge in [0, 0.05) is 10.6 Å². The SMILES string of the molecule is CCOC(=O)c1cccc(-c2cc(Cl)ccc2O)c1. The minimum absolute atomic E-state index is 0.116. The van der Waals surface area contributed by atoms with Gasteiger partial charge in [0.2, 0.25) is 0 Å². The number of aromatic hydroxyl groups is 1. The molecule has 0 heterocycles. The first-order chi connectivity index (χ1) is 9.11. The minimum atomic E-state index is -0.383. The summed E-state index contributed by atoms with van der Waals surface area (Å²) < 4.78 is 4.95. The van der Waals surface area contributed by atoms with Crippen molar-refractivity contribution in [1.82, 2.24) is 0 Å². The average molecular weight is 277 g/mol. The van der Waals surface area contributed by atoms with Gasteiger partial charge in [0.25, 0.3) is 0 Å². The monoisotopic (exact) mass is 276 g/mol. The molecule has 0 amide bonds. The van der Waals surface area contributed by atoms with Gasteiger partial charge < -0.3 is 9.84 Å². The Kier molecular flexibility index (Phi) is 4.07. The van der Waals surface area contributed by atoms with E-state index >= 15 is 0 Å². The van der Waals surface area contributed by atoms with E-state index in [9.17, 15) is 9.90 Å². The Balaban J connectivity index is 2.43. The molecule has 0 aliphatic carbocycles. The van der Waals surface area contributed by atoms with E-state index in [1.54, 1.807) is 43.3 Å². The molecule has 0 unspecified atom stereocenters. The first kappa shape index (κ1) is 13.4. The molecule has 0 aliphatic rings. The molecule has 3 nitrogen and oxygen atoms in total. The maximum Gasteiger partial charge on any atom is 0.338 e. The van der Waals surface area contributed by atoms with Crippen molar-refractivity contribution in [2.24, 2.45) is 0 Å². The van der Waals surface area contributed by atoms with E-state index in [0.29, 0.717) is 28.3 Å². The summed E-state index contributed by atoms with van der Waals surface area (Å²) in [5.74, 6) is -0.267. The second kappa shape index (κ2) is 5.76. The largest absolute Gasteiger partial charge is 0.507 e. The zero-order valence-electron chi connectivity index (χ0n) is 10.4. The second-order valence-electron chi connectivity index (χ2n) is 3.96. The molecule has 0 saturated heterocycles. The van der Waals surface area contributed by atoms with E-state index in [0.717, 1.165) is 0 Å². The van der Waals surface area contributed by atoms with E-state index < -0.39 is 0 Å². The van der Waals surface area contributed by atoms with Crippen molar-refractivity contribution in [2.75, 3.05) is 6.61 Å². The Morgan fingerprint density at radius 1 is 1.26 bits per heavy atom. The first-order valence-corrected chi connectivity index (χ1v) is 6.25. The van der Waals surface area contributed by atoms with Gasteiger partial charge in [-0.3, -0.25) is 0 Å². The molecule has 1 N–H and O–H groups in total. The van der Waals surface area contributed by atoms with E-state index in [2.05, 4.69) is 0 Å². The van der Waals surface area contributed by atoms with Gasteiger partial charge in [-0.1, -0.05) is 23.7 Å². The third-order valence-corrected chi connectivity index (χ3v) is 2.88. The summed E-state index contributed by atoms with van der Waals surface area (Å²) in [6.07, 6.45) is 0. The zero-order chi connectivity index (χ0) is 13.8. The fraction of sp³-hybridized carbons (Fsp3) is 0.133. The van der Waals surface area contributed by atoms with Crippen molar-refractivity contribution >= 4 is 17.6 Å². The smallest absolute Gasteiger partial charge is 0.338 e. The molecule has 0 aliphatic heterocycles. The van der Waals surface area contributed by atoms with Gasteiger partial charge in [-0.05, 0) is 42.8 Å². The Bertz CT molecular complexity index is 608. The second-order valence-corrected chi connectivity index (χ2v) is 4.40. The summed E-state index contributed by atoms with van der Waals surface area (Å²) in [5, 5.41) is 10.4. The van der Waals surface area contributed by atoms with Crippen LogP contribution >= 0.6 is 11.6 Å². The summed E-state index contributed by atoms with van der Waals surface area (Å²) in [4.78, 5) is 11.7. The summed E-state index contributed by atoms with van der Waals surface area (Å²) in [5.41, 5.74) is 1.74. The highest BCUT2D eigenvalue weighted by molar-refractivity contribution is 6.31. The molecule has 2 aromatic carbocycles. The number of halogens is 1. The van der Waals surface area contributed by atoms with Gasteiger partial charge in [0.05, 0.1) is 12.2 Å². The van der Waals surface area contributed by atoms with Crippen LogP contribution in [0.1, 0.15) is 17.3 Å². The number of esters is 1. The van der Waals surface area contributed by atoms with Crippen LogP contribution < -0.4 is 0 Å². The van der Waals surface area contributed by atoms with Gasteiger partial charge in [-0.25, -0.2) is 4.79 Å². The highest BCUT2D eigenvalue weighted by Crippen LogP contribution is 2.32. The number of carbonyl (C=O) groups excluding carboxylic acids is 1. The summed E-state index contributed by atoms with van der Waals surface area (Å²) in [7, 11) is 0. The lowest BCUT2D eigenvalue weighted by Crippen LogP contribution is -2.04. The lowest BCUT2D eigenvalue weighted by atomic mass is 10.0. The number of rotatable bonds is 3. The van der Waals surface area contributed by atoms with Crippen LogP contribution in [0.5, 0.6) is 5.75 Å². The van der Waals surface area contributed by atoms with Crippen molar-refractivity contribution < 1.29 is 14.6 Å². The minimum Gasteiger partial charge on any atom is -0.507 e. The van der Waals surface area contributed by atoms with Crippen molar-refractivity contribution in [3.8, 4) is 16.9 Å². The van der Waals surface area contributed by atoms with Gasteiger partial charge in [-0.2, -0.15) is 0 Å². The predicted molar refractivity (Wildman–Crippen MR) is 74.5 cm³/mol. The first-order valence-electron chi connectivity index (χ1n) is 5.88. The Morgan fingerprint density at radius 2 is 2.05 bits per heavy atom. The summed E-state index contributed by atoms with van der Waals surface area (Å²) in [6, 6.07) is 11.7. The number of benzene rings is 2. The van der Waals surface area contributed by atoms with Crippen LogP contribution in [0.2, 0.25) is 5.02 Å². The van der Waals surface area contributed by atoms with Crippen LogP contribution in [0.4, 0.5) is 0 Å². The quantitative estimate of drug-likeness (QED) is 0.865. The van der Waals surface area contributed by atoms with Gasteiger partial charge in [-0.15, -0.1) is 0 Å². The Morgan fingerprint density at radius 3 is 2.79 bits per heavy atom. The van der Waals surface area contributed by atoms with Crippen LogP contribution in [-0.2, 0) is 4.74 Å². The standard InChI is InChI=1S/C15H13ClO3/c1-2-19-15(18)11-5-3-4-10(8-11)13-9-12(16)6-7-14(13)17/h3-9,17H,2H2,1H3. The highest BCUT2D eigenvalue weighted by Gasteiger charge is 2.10. The van der Waals surface area contributed by atoms with Gasteiger partial charge >= 0.3 is 5.97 Å². The molecule has 2 rings (SSSR count). The summed E-state index contributed by atoms with van der Waals surface area (Å²) >= 11 is 5.92.